The second-order valence-corrected chi connectivity index (χ2v) is 7.57. The minimum absolute atomic E-state index is 0.244. The van der Waals surface area contributed by atoms with E-state index in [0.29, 0.717) is 0 Å². The molecule has 0 aromatic rings. The van der Waals surface area contributed by atoms with Crippen molar-refractivity contribution < 1.29 is 8.85 Å². The summed E-state index contributed by atoms with van der Waals surface area (Å²) in [5, 5.41) is 0. The second kappa shape index (κ2) is 5.91. The Morgan fingerprint density at radius 2 is 1.00 bits per heavy atom. The largest absolute Gasteiger partial charge is 0.412 e. The van der Waals surface area contributed by atoms with Gasteiger partial charge in [-0.25, -0.2) is 0 Å². The molecule has 0 rings (SSSR count). The van der Waals surface area contributed by atoms with Gasteiger partial charge in [-0.15, -0.1) is 0 Å². The van der Waals surface area contributed by atoms with Gasteiger partial charge in [0.05, 0.1) is 12.2 Å². The van der Waals surface area contributed by atoms with Crippen LogP contribution in [0.1, 0.15) is 13.8 Å². The van der Waals surface area contributed by atoms with E-state index >= 15 is 0 Å². The van der Waals surface area contributed by atoms with Gasteiger partial charge >= 0.3 is 0 Å². The van der Waals surface area contributed by atoms with Gasteiger partial charge < -0.3 is 8.85 Å². The third-order valence-corrected chi connectivity index (χ3v) is 3.19. The normalized spacial score (nSPS) is 17.0. The molecule has 72 valence electrons. The minimum Gasteiger partial charge on any atom is -0.412 e. The molecule has 0 amide bonds. The highest BCUT2D eigenvalue weighted by Gasteiger charge is 2.16. The van der Waals surface area contributed by atoms with E-state index in [2.05, 4.69) is 40.0 Å². The van der Waals surface area contributed by atoms with Crippen LogP contribution in [0.4, 0.5) is 0 Å². The Labute approximate surface area is 79.7 Å². The molecule has 0 saturated carbocycles. The molecule has 2 nitrogen and oxygen atoms in total. The predicted molar refractivity (Wildman–Crippen MR) is 56.1 cm³/mol. The molecule has 12 heavy (non-hydrogen) atoms. The molecular formula is C8H20O2Si2. The zero-order chi connectivity index (χ0) is 9.72. The zero-order valence-corrected chi connectivity index (χ0v) is 11.0. The van der Waals surface area contributed by atoms with E-state index < -0.39 is 18.1 Å². The summed E-state index contributed by atoms with van der Waals surface area (Å²) in [6, 6.07) is 0. The fraction of sp³-hybridized carbons (Fsp3) is 1.00. The van der Waals surface area contributed by atoms with Crippen LogP contribution in [0.25, 0.3) is 0 Å². The van der Waals surface area contributed by atoms with E-state index in [-0.39, 0.29) is 12.2 Å². The number of hydrogen-bond donors (Lipinski definition) is 0. The fourth-order valence-corrected chi connectivity index (χ4v) is 2.81. The van der Waals surface area contributed by atoms with Crippen LogP contribution in [-0.4, -0.2) is 30.3 Å². The summed E-state index contributed by atoms with van der Waals surface area (Å²) in [6.45, 7) is 12.8. The van der Waals surface area contributed by atoms with Crippen LogP contribution in [0.5, 0.6) is 0 Å². The van der Waals surface area contributed by atoms with Crippen molar-refractivity contribution >= 4 is 18.1 Å². The summed E-state index contributed by atoms with van der Waals surface area (Å²) in [7, 11) is -1.16. The van der Waals surface area contributed by atoms with E-state index in [4.69, 9.17) is 8.85 Å². The summed E-state index contributed by atoms with van der Waals surface area (Å²) >= 11 is 0. The first-order valence-corrected chi connectivity index (χ1v) is 9.18. The van der Waals surface area contributed by atoms with Crippen LogP contribution < -0.4 is 0 Å². The topological polar surface area (TPSA) is 18.5 Å². The third-order valence-electron chi connectivity index (χ3n) is 1.50. The Balaban J connectivity index is 3.68. The van der Waals surface area contributed by atoms with Gasteiger partial charge in [0, 0.05) is 0 Å². The average Bonchev–Trinajstić information content (AvgIpc) is 1.84. The van der Waals surface area contributed by atoms with Gasteiger partial charge in [-0.05, 0) is 40.0 Å². The Kier molecular flexibility index (Phi) is 6.08. The molecule has 0 bridgehead atoms. The zero-order valence-electron chi connectivity index (χ0n) is 8.97. The van der Waals surface area contributed by atoms with E-state index in [9.17, 15) is 0 Å². The van der Waals surface area contributed by atoms with E-state index in [1.807, 2.05) is 0 Å². The molecule has 0 aliphatic rings. The maximum atomic E-state index is 5.71. The molecule has 0 aliphatic carbocycles. The predicted octanol–water partition coefficient (Wildman–Crippen LogP) is 2.30. The van der Waals surface area contributed by atoms with Gasteiger partial charge in [0.1, 0.15) is 0 Å². The first kappa shape index (κ1) is 12.4. The minimum atomic E-state index is -0.582. The van der Waals surface area contributed by atoms with Crippen molar-refractivity contribution in [1.29, 1.82) is 0 Å². The molecular weight excluding hydrogens is 184 g/mol. The highest BCUT2D eigenvalue weighted by molar-refractivity contribution is 6.49. The first-order valence-electron chi connectivity index (χ1n) is 4.37. The second-order valence-electron chi connectivity index (χ2n) is 3.46. The van der Waals surface area contributed by atoms with Crippen LogP contribution in [0, 0.1) is 0 Å². The molecule has 2 atom stereocenters. The molecule has 2 radical (unpaired) electrons. The fourth-order valence-electron chi connectivity index (χ4n) is 0.935. The van der Waals surface area contributed by atoms with Gasteiger partial charge in [0.25, 0.3) is 0 Å². The van der Waals surface area contributed by atoms with Gasteiger partial charge in [-0.2, -0.15) is 0 Å². The highest BCUT2D eigenvalue weighted by Crippen LogP contribution is 2.06. The standard InChI is InChI=1S/C8H20O2Si2/c1-7(9-11(3)4)8(2)10-12(5)6/h7-8H,1-6H3. The van der Waals surface area contributed by atoms with Crippen LogP contribution in [-0.2, 0) is 8.85 Å². The third kappa shape index (κ3) is 5.94. The molecule has 0 N–H and O–H groups in total. The maximum absolute atomic E-state index is 5.71. The van der Waals surface area contributed by atoms with Gasteiger partial charge in [-0.1, -0.05) is 0 Å². The first-order chi connectivity index (χ1) is 5.43. The Bertz CT molecular complexity index is 104. The highest BCUT2D eigenvalue weighted by atomic mass is 28.3. The Morgan fingerprint density at radius 3 is 1.17 bits per heavy atom. The molecule has 0 heterocycles. The monoisotopic (exact) mass is 204 g/mol. The smallest absolute Gasteiger partial charge is 0.205 e. The van der Waals surface area contributed by atoms with Crippen molar-refractivity contribution in [3.63, 3.8) is 0 Å². The van der Waals surface area contributed by atoms with Crippen molar-refractivity contribution in [2.45, 2.75) is 52.2 Å². The molecule has 2 unspecified atom stereocenters. The molecule has 0 fully saturated rings. The van der Waals surface area contributed by atoms with Gasteiger partial charge in [-0.3, -0.25) is 0 Å². The quantitative estimate of drug-likeness (QED) is 0.640. The lowest BCUT2D eigenvalue weighted by molar-refractivity contribution is 0.0773. The summed E-state index contributed by atoms with van der Waals surface area (Å²) in [5.74, 6) is 0. The number of rotatable bonds is 5. The molecule has 0 saturated heterocycles. The summed E-state index contributed by atoms with van der Waals surface area (Å²) in [6.07, 6.45) is 0.488. The molecule has 0 aromatic carbocycles. The van der Waals surface area contributed by atoms with Gasteiger partial charge in [0.2, 0.25) is 18.1 Å². The molecule has 4 heteroatoms. The molecule has 0 aliphatic heterocycles. The van der Waals surface area contributed by atoms with Crippen molar-refractivity contribution in [1.82, 2.24) is 0 Å². The lowest BCUT2D eigenvalue weighted by Gasteiger charge is -2.24. The van der Waals surface area contributed by atoms with Crippen LogP contribution >= 0.6 is 0 Å². The van der Waals surface area contributed by atoms with Crippen molar-refractivity contribution in [3.05, 3.63) is 0 Å². The average molecular weight is 204 g/mol. The van der Waals surface area contributed by atoms with Crippen molar-refractivity contribution in [2.24, 2.45) is 0 Å². The van der Waals surface area contributed by atoms with Crippen molar-refractivity contribution in [2.75, 3.05) is 0 Å². The SMILES string of the molecule is CC(O[Si](C)C)C(C)O[Si](C)C. The number of hydrogen-bond acceptors (Lipinski definition) is 2. The van der Waals surface area contributed by atoms with Crippen LogP contribution in [0.15, 0.2) is 0 Å². The maximum Gasteiger partial charge on any atom is 0.205 e. The van der Waals surface area contributed by atoms with Crippen molar-refractivity contribution in [3.8, 4) is 0 Å². The summed E-state index contributed by atoms with van der Waals surface area (Å²) in [4.78, 5) is 0. The lowest BCUT2D eigenvalue weighted by Crippen LogP contribution is -2.33. The summed E-state index contributed by atoms with van der Waals surface area (Å²) < 4.78 is 11.4. The van der Waals surface area contributed by atoms with Crippen LogP contribution in [0.2, 0.25) is 26.2 Å². The van der Waals surface area contributed by atoms with E-state index in [1.54, 1.807) is 0 Å². The Morgan fingerprint density at radius 1 is 0.750 bits per heavy atom. The lowest BCUT2D eigenvalue weighted by atomic mass is 10.3. The van der Waals surface area contributed by atoms with E-state index in [1.165, 1.54) is 0 Å². The van der Waals surface area contributed by atoms with E-state index in [0.717, 1.165) is 0 Å². The van der Waals surface area contributed by atoms with Crippen LogP contribution in [0.3, 0.4) is 0 Å². The van der Waals surface area contributed by atoms with Gasteiger partial charge in [0.15, 0.2) is 0 Å². The summed E-state index contributed by atoms with van der Waals surface area (Å²) in [5.41, 5.74) is 0. The molecule has 0 spiro atoms. The Hall–Kier alpha value is 0.354. The molecule has 0 aromatic heterocycles.